The van der Waals surface area contributed by atoms with Crippen LogP contribution in [0.4, 0.5) is 5.69 Å². The first kappa shape index (κ1) is 23.8. The molecule has 0 aliphatic carbocycles. The van der Waals surface area contributed by atoms with Crippen molar-refractivity contribution in [2.45, 2.75) is 20.1 Å². The molecule has 0 atom stereocenters. The summed E-state index contributed by atoms with van der Waals surface area (Å²) in [4.78, 5) is 15.9. The van der Waals surface area contributed by atoms with E-state index in [0.29, 0.717) is 12.4 Å². The summed E-state index contributed by atoms with van der Waals surface area (Å²) >= 11 is 0. The van der Waals surface area contributed by atoms with Gasteiger partial charge in [-0.2, -0.15) is 0 Å². The summed E-state index contributed by atoms with van der Waals surface area (Å²) in [5.41, 5.74) is 5.17. The molecule has 5 rings (SSSR count). The Morgan fingerprint density at radius 3 is 2.14 bits per heavy atom. The number of hydrogen-bond donors (Lipinski definition) is 0. The summed E-state index contributed by atoms with van der Waals surface area (Å²) < 4.78 is 13.9. The Kier molecular flexibility index (Phi) is 6.94. The fourth-order valence-corrected chi connectivity index (χ4v) is 4.00. The third-order valence-electron chi connectivity index (χ3n) is 5.98. The molecule has 0 fully saturated rings. The number of nitrogens with zero attached hydrogens (tertiary/aromatic N) is 3. The average molecular weight is 492 g/mol. The van der Waals surface area contributed by atoms with E-state index < -0.39 is 4.92 Å². The number of fused-ring (bicyclic) bond motifs is 1. The lowest BCUT2D eigenvalue weighted by Crippen LogP contribution is -1.99. The second-order valence-corrected chi connectivity index (χ2v) is 8.51. The third-order valence-corrected chi connectivity index (χ3v) is 5.98. The smallest absolute Gasteiger partial charge is 0.310 e. The zero-order chi connectivity index (χ0) is 25.6. The zero-order valence-electron chi connectivity index (χ0n) is 20.3. The van der Waals surface area contributed by atoms with Crippen molar-refractivity contribution in [3.8, 4) is 11.5 Å². The number of hydrogen-bond acceptors (Lipinski definition) is 5. The van der Waals surface area contributed by atoms with Crippen molar-refractivity contribution in [1.82, 2.24) is 9.38 Å². The van der Waals surface area contributed by atoms with Gasteiger partial charge in [0, 0.05) is 18.0 Å². The van der Waals surface area contributed by atoms with Gasteiger partial charge in [-0.15, -0.1) is 0 Å². The predicted octanol–water partition coefficient (Wildman–Crippen LogP) is 6.88. The van der Waals surface area contributed by atoms with Gasteiger partial charge in [-0.25, -0.2) is 4.98 Å². The Bertz CT molecular complexity index is 1560. The standard InChI is InChI=1S/C30H25N3O4/c1-22-26(31-30-28(13-8-18-32(22)30)36-20-24-9-4-2-5-10-24)16-14-23-15-17-27(33(34)35)29(19-23)37-21-25-11-6-3-7-12-25/h2-19H,20-21H2,1H3. The molecule has 0 amide bonds. The lowest BCUT2D eigenvalue weighted by Gasteiger charge is -2.08. The van der Waals surface area contributed by atoms with Crippen molar-refractivity contribution < 1.29 is 14.4 Å². The predicted molar refractivity (Wildman–Crippen MR) is 144 cm³/mol. The third kappa shape index (κ3) is 5.51. The van der Waals surface area contributed by atoms with Gasteiger partial charge in [-0.3, -0.25) is 10.1 Å². The number of benzene rings is 3. The highest BCUT2D eigenvalue weighted by atomic mass is 16.6. The van der Waals surface area contributed by atoms with E-state index >= 15 is 0 Å². The number of pyridine rings is 1. The number of rotatable bonds is 9. The highest BCUT2D eigenvalue weighted by Gasteiger charge is 2.16. The van der Waals surface area contributed by atoms with E-state index in [1.807, 2.05) is 102 Å². The van der Waals surface area contributed by atoms with Gasteiger partial charge in [0.15, 0.2) is 17.1 Å². The zero-order valence-corrected chi connectivity index (χ0v) is 20.3. The number of ether oxygens (including phenoxy) is 2. The Hall–Kier alpha value is -4.91. The summed E-state index contributed by atoms with van der Waals surface area (Å²) in [6.07, 6.45) is 5.72. The number of aryl methyl sites for hydroxylation is 1. The SMILES string of the molecule is Cc1c(C=Cc2ccc([N+](=O)[O-])c(OCc3ccccc3)c2)nc2c(OCc3ccccc3)cccn12. The van der Waals surface area contributed by atoms with Gasteiger partial charge >= 0.3 is 5.69 Å². The second kappa shape index (κ2) is 10.8. The Morgan fingerprint density at radius 2 is 1.49 bits per heavy atom. The number of aromatic nitrogens is 2. The van der Waals surface area contributed by atoms with E-state index in [-0.39, 0.29) is 18.0 Å². The topological polar surface area (TPSA) is 78.9 Å². The van der Waals surface area contributed by atoms with Crippen molar-refractivity contribution in [2.24, 2.45) is 0 Å². The molecule has 0 saturated heterocycles. The molecule has 0 aliphatic rings. The maximum absolute atomic E-state index is 11.5. The van der Waals surface area contributed by atoms with Crippen LogP contribution >= 0.6 is 0 Å². The second-order valence-electron chi connectivity index (χ2n) is 8.51. The molecule has 37 heavy (non-hydrogen) atoms. The first-order valence-corrected chi connectivity index (χ1v) is 11.9. The van der Waals surface area contributed by atoms with E-state index in [9.17, 15) is 10.1 Å². The fraction of sp³-hybridized carbons (Fsp3) is 0.100. The van der Waals surface area contributed by atoms with E-state index in [1.165, 1.54) is 6.07 Å². The van der Waals surface area contributed by atoms with Crippen molar-refractivity contribution in [1.29, 1.82) is 0 Å². The molecule has 7 nitrogen and oxygen atoms in total. The quantitative estimate of drug-likeness (QED) is 0.166. The molecule has 0 saturated carbocycles. The van der Waals surface area contributed by atoms with Crippen LogP contribution in [0.5, 0.6) is 11.5 Å². The molecule has 0 unspecified atom stereocenters. The van der Waals surface area contributed by atoms with Gasteiger partial charge in [-0.05, 0) is 54.0 Å². The van der Waals surface area contributed by atoms with Crippen LogP contribution in [0.1, 0.15) is 28.1 Å². The molecule has 0 spiro atoms. The van der Waals surface area contributed by atoms with Gasteiger partial charge in [0.05, 0.1) is 10.6 Å². The number of imidazole rings is 1. The lowest BCUT2D eigenvalue weighted by atomic mass is 10.1. The minimum Gasteiger partial charge on any atom is -0.485 e. The molecule has 184 valence electrons. The highest BCUT2D eigenvalue weighted by Crippen LogP contribution is 2.30. The monoisotopic (exact) mass is 491 g/mol. The minimum absolute atomic E-state index is 0.0720. The van der Waals surface area contributed by atoms with E-state index in [2.05, 4.69) is 0 Å². The van der Waals surface area contributed by atoms with Crippen LogP contribution in [0.3, 0.4) is 0 Å². The van der Waals surface area contributed by atoms with Crippen LogP contribution in [0, 0.1) is 17.0 Å². The van der Waals surface area contributed by atoms with Crippen molar-refractivity contribution in [2.75, 3.05) is 0 Å². The molecule has 5 aromatic rings. The molecular weight excluding hydrogens is 466 g/mol. The number of nitro groups is 1. The molecule has 0 radical (unpaired) electrons. The Morgan fingerprint density at radius 1 is 0.838 bits per heavy atom. The summed E-state index contributed by atoms with van der Waals surface area (Å²) in [6, 6.07) is 28.2. The Labute approximate surface area is 214 Å². The van der Waals surface area contributed by atoms with Gasteiger partial charge < -0.3 is 13.9 Å². The first-order valence-electron chi connectivity index (χ1n) is 11.9. The van der Waals surface area contributed by atoms with Crippen molar-refractivity contribution in [3.63, 3.8) is 0 Å². The summed E-state index contributed by atoms with van der Waals surface area (Å²) in [7, 11) is 0. The van der Waals surface area contributed by atoms with E-state index in [0.717, 1.165) is 33.7 Å². The van der Waals surface area contributed by atoms with Crippen molar-refractivity contribution in [3.05, 3.63) is 135 Å². The molecule has 0 N–H and O–H groups in total. The summed E-state index contributed by atoms with van der Waals surface area (Å²) in [5, 5.41) is 11.5. The Balaban J connectivity index is 1.38. The van der Waals surface area contributed by atoms with Crippen LogP contribution in [0.15, 0.2) is 97.2 Å². The summed E-state index contributed by atoms with van der Waals surface area (Å²) in [5.74, 6) is 0.917. The van der Waals surface area contributed by atoms with Crippen LogP contribution in [-0.4, -0.2) is 14.3 Å². The van der Waals surface area contributed by atoms with Gasteiger partial charge in [0.25, 0.3) is 0 Å². The average Bonchev–Trinajstić information content (AvgIpc) is 3.26. The van der Waals surface area contributed by atoms with E-state index in [4.69, 9.17) is 14.5 Å². The van der Waals surface area contributed by atoms with Gasteiger partial charge in [0.1, 0.15) is 13.2 Å². The molecule has 0 bridgehead atoms. The molecule has 0 aliphatic heterocycles. The largest absolute Gasteiger partial charge is 0.485 e. The molecular formula is C30H25N3O4. The molecule has 7 heteroatoms. The first-order chi connectivity index (χ1) is 18.1. The summed E-state index contributed by atoms with van der Waals surface area (Å²) in [6.45, 7) is 2.68. The molecule has 2 heterocycles. The van der Waals surface area contributed by atoms with Gasteiger partial charge in [-0.1, -0.05) is 66.7 Å². The lowest BCUT2D eigenvalue weighted by molar-refractivity contribution is -0.385. The molecule has 2 aromatic heterocycles. The van der Waals surface area contributed by atoms with Crippen molar-refractivity contribution >= 4 is 23.5 Å². The molecule has 3 aromatic carbocycles. The number of nitro benzene ring substituents is 1. The van der Waals surface area contributed by atoms with Crippen LogP contribution in [-0.2, 0) is 13.2 Å². The normalized spacial score (nSPS) is 11.2. The van der Waals surface area contributed by atoms with E-state index in [1.54, 1.807) is 12.1 Å². The highest BCUT2D eigenvalue weighted by molar-refractivity contribution is 5.73. The van der Waals surface area contributed by atoms with Gasteiger partial charge in [0.2, 0.25) is 0 Å². The minimum atomic E-state index is -0.433. The maximum atomic E-state index is 11.5. The van der Waals surface area contributed by atoms with Crippen LogP contribution in [0.2, 0.25) is 0 Å². The maximum Gasteiger partial charge on any atom is 0.310 e. The van der Waals surface area contributed by atoms with Crippen LogP contribution < -0.4 is 9.47 Å². The van der Waals surface area contributed by atoms with Crippen LogP contribution in [0.25, 0.3) is 17.8 Å². The fourth-order valence-electron chi connectivity index (χ4n) is 4.00.